The van der Waals surface area contributed by atoms with Gasteiger partial charge in [-0.05, 0) is 40.1 Å². The SMILES string of the molecule is CCc1ccc(C(=O)Cn2nnnc2Cc2ccc(Br)cc2)cc1. The lowest BCUT2D eigenvalue weighted by atomic mass is 10.1. The lowest BCUT2D eigenvalue weighted by Crippen LogP contribution is -2.15. The summed E-state index contributed by atoms with van der Waals surface area (Å²) in [6, 6.07) is 15.7. The highest BCUT2D eigenvalue weighted by Gasteiger charge is 2.13. The molecule has 0 fully saturated rings. The molecule has 6 heteroatoms. The van der Waals surface area contributed by atoms with Crippen LogP contribution in [0.2, 0.25) is 0 Å². The molecular weight excluding hydrogens is 368 g/mol. The molecule has 0 radical (unpaired) electrons. The zero-order valence-electron chi connectivity index (χ0n) is 13.3. The predicted molar refractivity (Wildman–Crippen MR) is 94.9 cm³/mol. The van der Waals surface area contributed by atoms with Crippen molar-refractivity contribution in [2.75, 3.05) is 0 Å². The van der Waals surface area contributed by atoms with Crippen molar-refractivity contribution in [2.45, 2.75) is 26.3 Å². The highest BCUT2D eigenvalue weighted by Crippen LogP contribution is 2.13. The van der Waals surface area contributed by atoms with Crippen molar-refractivity contribution in [3.8, 4) is 0 Å². The molecule has 0 unspecified atom stereocenters. The Morgan fingerprint density at radius 2 is 1.71 bits per heavy atom. The van der Waals surface area contributed by atoms with E-state index >= 15 is 0 Å². The minimum absolute atomic E-state index is 0.00186. The summed E-state index contributed by atoms with van der Waals surface area (Å²) in [7, 11) is 0. The molecule has 0 bridgehead atoms. The van der Waals surface area contributed by atoms with Crippen LogP contribution in [0, 0.1) is 0 Å². The van der Waals surface area contributed by atoms with Gasteiger partial charge in [-0.2, -0.15) is 0 Å². The summed E-state index contributed by atoms with van der Waals surface area (Å²) in [5, 5.41) is 11.7. The lowest BCUT2D eigenvalue weighted by molar-refractivity contribution is 0.0965. The molecule has 5 nitrogen and oxygen atoms in total. The van der Waals surface area contributed by atoms with E-state index in [0.717, 1.165) is 16.5 Å². The monoisotopic (exact) mass is 384 g/mol. The van der Waals surface area contributed by atoms with Crippen LogP contribution in [0.3, 0.4) is 0 Å². The Bertz CT molecular complexity index is 825. The van der Waals surface area contributed by atoms with E-state index in [-0.39, 0.29) is 12.3 Å². The molecule has 3 aromatic rings. The van der Waals surface area contributed by atoms with Gasteiger partial charge in [0.25, 0.3) is 0 Å². The number of benzene rings is 2. The van der Waals surface area contributed by atoms with Crippen LogP contribution >= 0.6 is 15.9 Å². The fourth-order valence-electron chi connectivity index (χ4n) is 2.41. The van der Waals surface area contributed by atoms with Crippen LogP contribution in [-0.2, 0) is 19.4 Å². The van der Waals surface area contributed by atoms with Crippen LogP contribution in [0.4, 0.5) is 0 Å². The van der Waals surface area contributed by atoms with Gasteiger partial charge in [0.1, 0.15) is 6.54 Å². The first-order valence-electron chi connectivity index (χ1n) is 7.77. The molecule has 3 rings (SSSR count). The quantitative estimate of drug-likeness (QED) is 0.610. The molecule has 122 valence electrons. The molecule has 0 aliphatic heterocycles. The summed E-state index contributed by atoms with van der Waals surface area (Å²) in [5.74, 6) is 0.679. The highest BCUT2D eigenvalue weighted by atomic mass is 79.9. The first kappa shape index (κ1) is 16.5. The molecule has 0 amide bonds. The van der Waals surface area contributed by atoms with Crippen LogP contribution in [0.15, 0.2) is 53.0 Å². The highest BCUT2D eigenvalue weighted by molar-refractivity contribution is 9.10. The van der Waals surface area contributed by atoms with Gasteiger partial charge in [0.05, 0.1) is 0 Å². The molecule has 2 aromatic carbocycles. The normalized spacial score (nSPS) is 10.8. The number of tetrazole rings is 1. The number of nitrogens with zero attached hydrogens (tertiary/aromatic N) is 4. The number of hydrogen-bond donors (Lipinski definition) is 0. The third-order valence-electron chi connectivity index (χ3n) is 3.86. The molecule has 0 saturated heterocycles. The zero-order valence-corrected chi connectivity index (χ0v) is 14.9. The lowest BCUT2D eigenvalue weighted by Gasteiger charge is -2.05. The van der Waals surface area contributed by atoms with Gasteiger partial charge in [-0.3, -0.25) is 4.79 Å². The fourth-order valence-corrected chi connectivity index (χ4v) is 2.68. The summed E-state index contributed by atoms with van der Waals surface area (Å²) in [4.78, 5) is 12.4. The van der Waals surface area contributed by atoms with Gasteiger partial charge in [-0.1, -0.05) is 59.3 Å². The maximum absolute atomic E-state index is 12.4. The number of Topliss-reactive ketones (excluding diaryl/α,β-unsaturated/α-hetero) is 1. The van der Waals surface area contributed by atoms with Gasteiger partial charge in [0, 0.05) is 16.5 Å². The number of carbonyl (C=O) groups excluding carboxylic acids is 1. The van der Waals surface area contributed by atoms with Crippen molar-refractivity contribution in [1.29, 1.82) is 0 Å². The van der Waals surface area contributed by atoms with Crippen molar-refractivity contribution in [3.05, 3.63) is 75.5 Å². The van der Waals surface area contributed by atoms with Crippen molar-refractivity contribution in [1.82, 2.24) is 20.2 Å². The fraction of sp³-hybridized carbons (Fsp3) is 0.222. The summed E-state index contributed by atoms with van der Waals surface area (Å²) in [6.07, 6.45) is 1.54. The second-order valence-electron chi connectivity index (χ2n) is 5.53. The largest absolute Gasteiger partial charge is 0.292 e. The van der Waals surface area contributed by atoms with Crippen LogP contribution in [-0.4, -0.2) is 26.0 Å². The number of rotatable bonds is 6. The van der Waals surface area contributed by atoms with E-state index in [4.69, 9.17) is 0 Å². The Hall–Kier alpha value is -2.34. The van der Waals surface area contributed by atoms with Gasteiger partial charge in [-0.15, -0.1) is 5.10 Å². The van der Waals surface area contributed by atoms with Crippen molar-refractivity contribution < 1.29 is 4.79 Å². The second kappa shape index (κ2) is 7.49. The number of hydrogen-bond acceptors (Lipinski definition) is 4. The predicted octanol–water partition coefficient (Wildman–Crippen LogP) is 3.47. The Morgan fingerprint density at radius 1 is 1.04 bits per heavy atom. The van der Waals surface area contributed by atoms with Gasteiger partial charge in [0.15, 0.2) is 11.6 Å². The first-order chi connectivity index (χ1) is 11.7. The first-order valence-corrected chi connectivity index (χ1v) is 8.56. The number of ketones is 1. The number of halogens is 1. The molecule has 0 aliphatic rings. The molecule has 0 N–H and O–H groups in total. The molecule has 0 saturated carbocycles. The van der Waals surface area contributed by atoms with E-state index < -0.39 is 0 Å². The molecular formula is C18H17BrN4O. The molecule has 24 heavy (non-hydrogen) atoms. The third-order valence-corrected chi connectivity index (χ3v) is 4.39. The summed E-state index contributed by atoms with van der Waals surface area (Å²) in [6.45, 7) is 2.23. The smallest absolute Gasteiger partial charge is 0.184 e. The van der Waals surface area contributed by atoms with Crippen molar-refractivity contribution in [3.63, 3.8) is 0 Å². The second-order valence-corrected chi connectivity index (χ2v) is 6.45. The van der Waals surface area contributed by atoms with Crippen LogP contribution < -0.4 is 0 Å². The minimum atomic E-state index is 0.00186. The third kappa shape index (κ3) is 3.94. The Balaban J connectivity index is 1.72. The Kier molecular flexibility index (Phi) is 5.15. The standard InChI is InChI=1S/C18H17BrN4O/c1-2-13-3-7-15(8-4-13)17(24)12-23-18(20-21-22-23)11-14-5-9-16(19)10-6-14/h3-10H,2,11-12H2,1H3. The topological polar surface area (TPSA) is 60.7 Å². The van der Waals surface area contributed by atoms with E-state index in [2.05, 4.69) is 38.4 Å². The average molecular weight is 385 g/mol. The minimum Gasteiger partial charge on any atom is -0.292 e. The van der Waals surface area contributed by atoms with E-state index in [9.17, 15) is 4.79 Å². The maximum atomic E-state index is 12.4. The number of aryl methyl sites for hydroxylation is 1. The van der Waals surface area contributed by atoms with Gasteiger partial charge < -0.3 is 0 Å². The maximum Gasteiger partial charge on any atom is 0.184 e. The van der Waals surface area contributed by atoms with Crippen molar-refractivity contribution >= 4 is 21.7 Å². The van der Waals surface area contributed by atoms with Gasteiger partial charge in [-0.25, -0.2) is 4.68 Å². The van der Waals surface area contributed by atoms with Crippen LogP contribution in [0.25, 0.3) is 0 Å². The Labute approximate surface area is 148 Å². The van der Waals surface area contributed by atoms with Crippen LogP contribution in [0.5, 0.6) is 0 Å². The summed E-state index contributed by atoms with van der Waals surface area (Å²) >= 11 is 3.42. The molecule has 1 heterocycles. The summed E-state index contributed by atoms with van der Waals surface area (Å²) < 4.78 is 2.59. The molecule has 0 atom stereocenters. The molecule has 0 aliphatic carbocycles. The number of carbonyl (C=O) groups is 1. The summed E-state index contributed by atoms with van der Waals surface area (Å²) in [5.41, 5.74) is 2.98. The van der Waals surface area contributed by atoms with Gasteiger partial charge in [0.2, 0.25) is 0 Å². The van der Waals surface area contributed by atoms with E-state index in [0.29, 0.717) is 17.8 Å². The van der Waals surface area contributed by atoms with E-state index in [1.165, 1.54) is 5.56 Å². The average Bonchev–Trinajstić information content (AvgIpc) is 3.03. The number of aromatic nitrogens is 4. The van der Waals surface area contributed by atoms with E-state index in [1.54, 1.807) is 4.68 Å². The van der Waals surface area contributed by atoms with E-state index in [1.807, 2.05) is 48.5 Å². The van der Waals surface area contributed by atoms with Crippen molar-refractivity contribution in [2.24, 2.45) is 0 Å². The zero-order chi connectivity index (χ0) is 16.9. The van der Waals surface area contributed by atoms with Gasteiger partial charge >= 0.3 is 0 Å². The van der Waals surface area contributed by atoms with Crippen LogP contribution in [0.1, 0.15) is 34.2 Å². The molecule has 0 spiro atoms. The molecule has 1 aromatic heterocycles. The Morgan fingerprint density at radius 3 is 2.38 bits per heavy atom.